The van der Waals surface area contributed by atoms with Gasteiger partial charge in [0.2, 0.25) is 5.91 Å². The predicted molar refractivity (Wildman–Crippen MR) is 79.0 cm³/mol. The van der Waals surface area contributed by atoms with Crippen molar-refractivity contribution in [3.05, 3.63) is 35.4 Å². The van der Waals surface area contributed by atoms with Crippen LogP contribution in [0.2, 0.25) is 0 Å². The van der Waals surface area contributed by atoms with Gasteiger partial charge in [0, 0.05) is 0 Å². The predicted octanol–water partition coefficient (Wildman–Crippen LogP) is 2.79. The number of carbonyl (C=O) groups is 1. The maximum absolute atomic E-state index is 13.2. The van der Waals surface area contributed by atoms with Crippen molar-refractivity contribution >= 4 is 17.7 Å². The van der Waals surface area contributed by atoms with Gasteiger partial charge in [0.1, 0.15) is 0 Å². The molecule has 1 fully saturated rings. The van der Waals surface area contributed by atoms with Crippen LogP contribution in [0, 0.1) is 11.6 Å². The molecule has 2 rings (SSSR count). The van der Waals surface area contributed by atoms with Crippen LogP contribution in [0.15, 0.2) is 18.2 Å². The molecule has 1 aliphatic rings. The van der Waals surface area contributed by atoms with Gasteiger partial charge in [-0.05, 0) is 50.1 Å². The molecule has 0 saturated carbocycles. The van der Waals surface area contributed by atoms with Gasteiger partial charge in [-0.1, -0.05) is 6.07 Å². The summed E-state index contributed by atoms with van der Waals surface area (Å²) in [5, 5.41) is 12.9. The first kappa shape index (κ1) is 16.2. The van der Waals surface area contributed by atoms with Gasteiger partial charge >= 0.3 is 0 Å². The maximum Gasteiger partial charge on any atom is 0.236 e. The molecule has 1 aromatic carbocycles. The molecular formula is C15H19F2NO2S. The fraction of sp³-hybridized carbons (Fsp3) is 0.533. The number of aliphatic hydroxyl groups is 1. The Balaban J connectivity index is 2.03. The van der Waals surface area contributed by atoms with Crippen molar-refractivity contribution in [3.63, 3.8) is 0 Å². The minimum absolute atomic E-state index is 0.126. The molecule has 0 bridgehead atoms. The van der Waals surface area contributed by atoms with Crippen molar-refractivity contribution in [1.82, 2.24) is 5.32 Å². The molecule has 1 amide bonds. The topological polar surface area (TPSA) is 49.3 Å². The van der Waals surface area contributed by atoms with Crippen LogP contribution >= 0.6 is 11.8 Å². The second-order valence-electron chi connectivity index (χ2n) is 5.56. The van der Waals surface area contributed by atoms with Crippen molar-refractivity contribution in [2.24, 2.45) is 0 Å². The Morgan fingerprint density at radius 1 is 1.43 bits per heavy atom. The quantitative estimate of drug-likeness (QED) is 0.898. The van der Waals surface area contributed by atoms with E-state index in [9.17, 15) is 18.7 Å². The largest absolute Gasteiger partial charge is 0.386 e. The van der Waals surface area contributed by atoms with Crippen LogP contribution in [-0.2, 0) is 4.79 Å². The molecule has 0 radical (unpaired) electrons. The highest BCUT2D eigenvalue weighted by atomic mass is 32.2. The lowest BCUT2D eigenvalue weighted by atomic mass is 10.0. The van der Waals surface area contributed by atoms with Gasteiger partial charge in [-0.3, -0.25) is 4.79 Å². The average molecular weight is 315 g/mol. The molecule has 3 unspecified atom stereocenters. The summed E-state index contributed by atoms with van der Waals surface area (Å²) in [6.45, 7) is 3.53. The Bertz CT molecular complexity index is 532. The number of thioether (sulfide) groups is 1. The van der Waals surface area contributed by atoms with Crippen molar-refractivity contribution in [2.45, 2.75) is 43.6 Å². The summed E-state index contributed by atoms with van der Waals surface area (Å²) in [6.07, 6.45) is 0.714. The molecule has 0 spiro atoms. The van der Waals surface area contributed by atoms with Crippen molar-refractivity contribution in [3.8, 4) is 0 Å². The molecule has 1 aromatic rings. The number of amides is 1. The summed E-state index contributed by atoms with van der Waals surface area (Å²) in [7, 11) is 0. The number of hydrogen-bond acceptors (Lipinski definition) is 3. The van der Waals surface area contributed by atoms with Crippen LogP contribution in [0.3, 0.4) is 0 Å². The molecule has 21 heavy (non-hydrogen) atoms. The van der Waals surface area contributed by atoms with Crippen LogP contribution in [0.4, 0.5) is 8.78 Å². The number of rotatable bonds is 4. The monoisotopic (exact) mass is 315 g/mol. The normalized spacial score (nSPS) is 24.6. The van der Waals surface area contributed by atoms with E-state index in [2.05, 4.69) is 5.32 Å². The number of nitrogens with one attached hydrogen (secondary N) is 1. The van der Waals surface area contributed by atoms with E-state index in [-0.39, 0.29) is 11.5 Å². The number of aliphatic hydroxyl groups excluding tert-OH is 1. The summed E-state index contributed by atoms with van der Waals surface area (Å²) in [6, 6.07) is 2.66. The van der Waals surface area contributed by atoms with Crippen LogP contribution in [0.1, 0.15) is 38.4 Å². The van der Waals surface area contributed by atoms with Gasteiger partial charge in [0.05, 0.1) is 16.9 Å². The Hall–Kier alpha value is -1.14. The summed E-state index contributed by atoms with van der Waals surface area (Å²) < 4.78 is 25.6. The lowest BCUT2D eigenvalue weighted by Crippen LogP contribution is -2.46. The third kappa shape index (κ3) is 3.55. The Kier molecular flexibility index (Phi) is 4.88. The molecule has 0 aliphatic carbocycles. The number of carbonyl (C=O) groups excluding carboxylic acids is 1. The first-order chi connectivity index (χ1) is 9.83. The smallest absolute Gasteiger partial charge is 0.236 e. The first-order valence-corrected chi connectivity index (χ1v) is 7.90. The number of benzene rings is 1. The maximum atomic E-state index is 13.2. The Morgan fingerprint density at radius 2 is 2.14 bits per heavy atom. The zero-order valence-corrected chi connectivity index (χ0v) is 12.8. The minimum Gasteiger partial charge on any atom is -0.386 e. The highest BCUT2D eigenvalue weighted by Gasteiger charge is 2.38. The van der Waals surface area contributed by atoms with Gasteiger partial charge < -0.3 is 10.4 Å². The molecule has 1 saturated heterocycles. The lowest BCUT2D eigenvalue weighted by Gasteiger charge is -2.27. The zero-order chi connectivity index (χ0) is 15.6. The Morgan fingerprint density at radius 3 is 2.71 bits per heavy atom. The molecule has 0 aromatic heterocycles. The van der Waals surface area contributed by atoms with Crippen LogP contribution in [0.25, 0.3) is 0 Å². The molecule has 2 N–H and O–H groups in total. The van der Waals surface area contributed by atoms with Gasteiger partial charge in [0.15, 0.2) is 11.6 Å². The van der Waals surface area contributed by atoms with Crippen LogP contribution in [0.5, 0.6) is 0 Å². The third-order valence-electron chi connectivity index (χ3n) is 3.82. The third-order valence-corrected chi connectivity index (χ3v) is 5.34. The van der Waals surface area contributed by atoms with E-state index >= 15 is 0 Å². The lowest BCUT2D eigenvalue weighted by molar-refractivity contribution is -0.124. The highest BCUT2D eigenvalue weighted by Crippen LogP contribution is 2.38. The highest BCUT2D eigenvalue weighted by molar-refractivity contribution is 8.01. The molecule has 116 valence electrons. The van der Waals surface area contributed by atoms with Crippen LogP contribution < -0.4 is 5.32 Å². The molecule has 6 heteroatoms. The second-order valence-corrected chi connectivity index (χ2v) is 7.16. The summed E-state index contributed by atoms with van der Waals surface area (Å²) in [5.74, 6) is -1.15. The zero-order valence-electron chi connectivity index (χ0n) is 12.0. The summed E-state index contributed by atoms with van der Waals surface area (Å²) >= 11 is 1.60. The summed E-state index contributed by atoms with van der Waals surface area (Å²) in [5.41, 5.74) is 0.242. The Labute approximate surface area is 127 Å². The van der Waals surface area contributed by atoms with Gasteiger partial charge in [-0.25, -0.2) is 8.78 Å². The van der Waals surface area contributed by atoms with Gasteiger partial charge in [-0.2, -0.15) is 0 Å². The molecular weight excluding hydrogens is 296 g/mol. The van der Waals surface area contributed by atoms with E-state index in [1.165, 1.54) is 6.07 Å². The van der Waals surface area contributed by atoms with E-state index in [0.29, 0.717) is 0 Å². The minimum atomic E-state index is -1.08. The molecule has 1 aliphatic heterocycles. The van der Waals surface area contributed by atoms with Crippen molar-refractivity contribution in [1.29, 1.82) is 0 Å². The van der Waals surface area contributed by atoms with Crippen molar-refractivity contribution < 1.29 is 18.7 Å². The second kappa shape index (κ2) is 6.32. The fourth-order valence-corrected chi connectivity index (χ4v) is 3.60. The SMILES string of the molecule is CC(NC(=O)C1(C)CCCS1)C(O)c1ccc(F)c(F)c1. The van der Waals surface area contributed by atoms with Gasteiger partial charge in [-0.15, -0.1) is 11.8 Å². The van der Waals surface area contributed by atoms with Crippen molar-refractivity contribution in [2.75, 3.05) is 5.75 Å². The average Bonchev–Trinajstić information content (AvgIpc) is 2.89. The standard InChI is InChI=1S/C15H19F2NO2S/c1-9(18-14(20)15(2)6-3-7-21-15)13(19)10-4-5-11(16)12(17)8-10/h4-5,8-9,13,19H,3,6-7H2,1-2H3,(H,18,20). The fourth-order valence-electron chi connectivity index (χ4n) is 2.38. The number of hydrogen-bond donors (Lipinski definition) is 2. The van der Waals surface area contributed by atoms with E-state index in [1.807, 2.05) is 6.92 Å². The van der Waals surface area contributed by atoms with E-state index in [1.54, 1.807) is 18.7 Å². The summed E-state index contributed by atoms with van der Waals surface area (Å²) in [4.78, 5) is 12.3. The first-order valence-electron chi connectivity index (χ1n) is 6.91. The molecule has 3 atom stereocenters. The molecule has 1 heterocycles. The van der Waals surface area contributed by atoms with Gasteiger partial charge in [0.25, 0.3) is 0 Å². The number of halogens is 2. The van der Waals surface area contributed by atoms with E-state index < -0.39 is 28.5 Å². The van der Waals surface area contributed by atoms with E-state index in [0.717, 1.165) is 30.7 Å². The van der Waals surface area contributed by atoms with E-state index in [4.69, 9.17) is 0 Å². The molecule has 3 nitrogen and oxygen atoms in total. The van der Waals surface area contributed by atoms with Crippen LogP contribution in [-0.4, -0.2) is 27.6 Å².